The molecule has 116 valence electrons. The van der Waals surface area contributed by atoms with E-state index in [2.05, 4.69) is 32.4 Å². The first-order chi connectivity index (χ1) is 9.69. The van der Waals surface area contributed by atoms with Gasteiger partial charge in [0, 0.05) is 12.2 Å². The number of hydrogen-bond donors (Lipinski definition) is 2. The number of hydrogen-bond acceptors (Lipinski definition) is 4. The van der Waals surface area contributed by atoms with E-state index in [1.165, 1.54) is 18.2 Å². The molecule has 1 rings (SSSR count). The predicted molar refractivity (Wildman–Crippen MR) is 83.9 cm³/mol. The van der Waals surface area contributed by atoms with Gasteiger partial charge in [0.15, 0.2) is 0 Å². The Labute approximate surface area is 127 Å². The summed E-state index contributed by atoms with van der Waals surface area (Å²) in [5.41, 5.74) is 6.01. The van der Waals surface area contributed by atoms with Crippen LogP contribution in [0, 0.1) is 29.1 Å². The highest BCUT2D eigenvalue weighted by Crippen LogP contribution is 2.22. The highest BCUT2D eigenvalue weighted by atomic mass is 32.2. The van der Waals surface area contributed by atoms with Crippen LogP contribution in [0.3, 0.4) is 0 Å². The van der Waals surface area contributed by atoms with E-state index in [0.29, 0.717) is 24.1 Å². The van der Waals surface area contributed by atoms with Gasteiger partial charge in [-0.3, -0.25) is 0 Å². The van der Waals surface area contributed by atoms with Gasteiger partial charge in [-0.2, -0.15) is 5.26 Å². The van der Waals surface area contributed by atoms with Gasteiger partial charge in [0.25, 0.3) is 0 Å². The number of nitrogens with two attached hydrogens (primary N) is 1. The molecule has 0 radical (unpaired) electrons. The molecule has 0 aromatic heterocycles. The fourth-order valence-corrected chi connectivity index (χ4v) is 3.60. The summed E-state index contributed by atoms with van der Waals surface area (Å²) in [7, 11) is -3.71. The number of nitrogens with one attached hydrogen (secondary N) is 1. The number of sulfonamides is 1. The van der Waals surface area contributed by atoms with Crippen LogP contribution in [0.2, 0.25) is 0 Å². The van der Waals surface area contributed by atoms with Crippen molar-refractivity contribution in [2.75, 3.05) is 12.3 Å². The van der Waals surface area contributed by atoms with Crippen LogP contribution in [0.25, 0.3) is 0 Å². The van der Waals surface area contributed by atoms with E-state index < -0.39 is 10.0 Å². The molecule has 0 heterocycles. The maximum Gasteiger partial charge on any atom is 0.241 e. The molecule has 0 unspecified atom stereocenters. The molecule has 0 fully saturated rings. The molecular weight excluding hydrogens is 286 g/mol. The van der Waals surface area contributed by atoms with Crippen molar-refractivity contribution >= 4 is 15.7 Å². The lowest BCUT2D eigenvalue weighted by molar-refractivity contribution is 0.289. The molecule has 1 aromatic rings. The van der Waals surface area contributed by atoms with Crippen molar-refractivity contribution in [3.8, 4) is 6.07 Å². The first kappa shape index (κ1) is 17.5. The van der Waals surface area contributed by atoms with Crippen molar-refractivity contribution < 1.29 is 8.42 Å². The Kier molecular flexibility index (Phi) is 5.76. The number of nitriles is 1. The fraction of sp³-hybridized carbons (Fsp3) is 0.533. The molecule has 0 bridgehead atoms. The monoisotopic (exact) mass is 309 g/mol. The van der Waals surface area contributed by atoms with Gasteiger partial charge in [0.1, 0.15) is 6.07 Å². The molecule has 0 aliphatic heterocycles. The van der Waals surface area contributed by atoms with Crippen LogP contribution in [-0.2, 0) is 10.0 Å². The molecular formula is C15H23N3O2S. The molecule has 0 saturated carbocycles. The zero-order valence-corrected chi connectivity index (χ0v) is 13.7. The summed E-state index contributed by atoms with van der Waals surface area (Å²) >= 11 is 0. The van der Waals surface area contributed by atoms with Gasteiger partial charge in [0.2, 0.25) is 10.0 Å². The Bertz CT molecular complexity index is 623. The smallest absolute Gasteiger partial charge is 0.241 e. The predicted octanol–water partition coefficient (Wildman–Crippen LogP) is 2.35. The van der Waals surface area contributed by atoms with E-state index in [1.54, 1.807) is 0 Å². The highest BCUT2D eigenvalue weighted by molar-refractivity contribution is 7.89. The number of nitrogens with zero attached hydrogens (tertiary/aromatic N) is 1. The number of rotatable bonds is 6. The maximum absolute atomic E-state index is 12.4. The van der Waals surface area contributed by atoms with Crippen molar-refractivity contribution in [3.63, 3.8) is 0 Å². The Morgan fingerprint density at radius 2 is 1.81 bits per heavy atom. The molecule has 6 heteroatoms. The zero-order chi connectivity index (χ0) is 16.2. The summed E-state index contributed by atoms with van der Waals surface area (Å²) in [6.45, 7) is 8.64. The maximum atomic E-state index is 12.4. The summed E-state index contributed by atoms with van der Waals surface area (Å²) in [6.07, 6.45) is 0. The first-order valence-electron chi connectivity index (χ1n) is 6.98. The van der Waals surface area contributed by atoms with Crippen LogP contribution >= 0.6 is 0 Å². The van der Waals surface area contributed by atoms with Gasteiger partial charge in [-0.1, -0.05) is 27.7 Å². The summed E-state index contributed by atoms with van der Waals surface area (Å²) in [5.74, 6) is 0.975. The van der Waals surface area contributed by atoms with Crippen molar-refractivity contribution in [2.45, 2.75) is 32.6 Å². The topological polar surface area (TPSA) is 96.0 Å². The van der Waals surface area contributed by atoms with Gasteiger partial charge in [-0.05, 0) is 36.0 Å². The summed E-state index contributed by atoms with van der Waals surface area (Å²) in [5, 5.41) is 9.06. The van der Waals surface area contributed by atoms with Gasteiger partial charge in [-0.15, -0.1) is 0 Å². The minimum atomic E-state index is -3.71. The Balaban J connectivity index is 3.00. The second kappa shape index (κ2) is 6.92. The lowest BCUT2D eigenvalue weighted by atomic mass is 9.86. The average Bonchev–Trinajstić information content (AvgIpc) is 2.37. The molecule has 0 saturated heterocycles. The summed E-state index contributed by atoms with van der Waals surface area (Å²) in [6, 6.07) is 6.10. The third kappa shape index (κ3) is 4.45. The quantitative estimate of drug-likeness (QED) is 0.788. The van der Waals surface area contributed by atoms with Gasteiger partial charge < -0.3 is 5.73 Å². The standard InChI is InChI=1S/C15H23N3O2S/c1-10(2)14(11(3)4)9-18-21(19,20)15-6-5-13(17)7-12(15)8-16/h5-7,10-11,14,18H,9,17H2,1-4H3. The Morgan fingerprint density at radius 3 is 2.29 bits per heavy atom. The largest absolute Gasteiger partial charge is 0.399 e. The fourth-order valence-electron chi connectivity index (χ4n) is 2.39. The normalized spacial score (nSPS) is 12.1. The minimum absolute atomic E-state index is 0.0227. The SMILES string of the molecule is CC(C)C(CNS(=O)(=O)c1ccc(N)cc1C#N)C(C)C. The molecule has 0 amide bonds. The van der Waals surface area contributed by atoms with Crippen LogP contribution in [0.1, 0.15) is 33.3 Å². The van der Waals surface area contributed by atoms with Crippen LogP contribution < -0.4 is 10.5 Å². The molecule has 5 nitrogen and oxygen atoms in total. The molecule has 3 N–H and O–H groups in total. The van der Waals surface area contributed by atoms with Gasteiger partial charge in [-0.25, -0.2) is 13.1 Å². The van der Waals surface area contributed by atoms with Gasteiger partial charge >= 0.3 is 0 Å². The van der Waals surface area contributed by atoms with Crippen LogP contribution in [0.15, 0.2) is 23.1 Å². The number of anilines is 1. The second-order valence-electron chi connectivity index (χ2n) is 5.87. The molecule has 0 atom stereocenters. The third-order valence-corrected chi connectivity index (χ3v) is 5.12. The van der Waals surface area contributed by atoms with Crippen LogP contribution in [0.5, 0.6) is 0 Å². The van der Waals surface area contributed by atoms with E-state index >= 15 is 0 Å². The minimum Gasteiger partial charge on any atom is -0.399 e. The van der Waals surface area contributed by atoms with E-state index in [-0.39, 0.29) is 16.4 Å². The molecule has 0 spiro atoms. The molecule has 0 aliphatic carbocycles. The van der Waals surface area contributed by atoms with Crippen molar-refractivity contribution in [3.05, 3.63) is 23.8 Å². The van der Waals surface area contributed by atoms with E-state index in [0.717, 1.165) is 0 Å². The van der Waals surface area contributed by atoms with Crippen LogP contribution in [-0.4, -0.2) is 15.0 Å². The van der Waals surface area contributed by atoms with Crippen molar-refractivity contribution in [2.24, 2.45) is 17.8 Å². The summed E-state index contributed by atoms with van der Waals surface area (Å²) < 4.78 is 27.4. The van der Waals surface area contributed by atoms with E-state index in [9.17, 15) is 8.42 Å². The highest BCUT2D eigenvalue weighted by Gasteiger charge is 2.23. The van der Waals surface area contributed by atoms with Crippen molar-refractivity contribution in [1.82, 2.24) is 4.72 Å². The first-order valence-corrected chi connectivity index (χ1v) is 8.46. The Hall–Kier alpha value is -1.58. The summed E-state index contributed by atoms with van der Waals surface area (Å²) in [4.78, 5) is -0.0227. The second-order valence-corrected chi connectivity index (χ2v) is 7.61. The Morgan fingerprint density at radius 1 is 1.24 bits per heavy atom. The molecule has 0 aliphatic rings. The molecule has 21 heavy (non-hydrogen) atoms. The third-order valence-electron chi connectivity index (χ3n) is 3.64. The van der Waals surface area contributed by atoms with E-state index in [1.807, 2.05) is 6.07 Å². The lowest BCUT2D eigenvalue weighted by Gasteiger charge is -2.25. The van der Waals surface area contributed by atoms with Gasteiger partial charge in [0.05, 0.1) is 10.5 Å². The molecule has 1 aromatic carbocycles. The van der Waals surface area contributed by atoms with Crippen LogP contribution in [0.4, 0.5) is 5.69 Å². The van der Waals surface area contributed by atoms with Crippen molar-refractivity contribution in [1.29, 1.82) is 5.26 Å². The van der Waals surface area contributed by atoms with E-state index in [4.69, 9.17) is 11.0 Å². The zero-order valence-electron chi connectivity index (χ0n) is 12.9. The number of benzene rings is 1. The lowest BCUT2D eigenvalue weighted by Crippen LogP contribution is -2.34. The average molecular weight is 309 g/mol. The number of nitrogen functional groups attached to an aromatic ring is 1.